The van der Waals surface area contributed by atoms with Crippen LogP contribution in [0.5, 0.6) is 11.5 Å². The SMILES string of the molecule is [B][C@H]1C[C@@H](O[P+](=O)OC)[C@@H](COC(c2ccccc2)(c2ccc(OC)cc2)c2ccc(OC)cc2)O1. The highest BCUT2D eigenvalue weighted by Gasteiger charge is 2.44. The van der Waals surface area contributed by atoms with E-state index in [4.69, 9.17) is 35.8 Å². The summed E-state index contributed by atoms with van der Waals surface area (Å²) in [7, 11) is 8.35. The van der Waals surface area contributed by atoms with Crippen LogP contribution in [-0.2, 0) is 28.7 Å². The van der Waals surface area contributed by atoms with Crippen molar-refractivity contribution >= 4 is 16.1 Å². The summed E-state index contributed by atoms with van der Waals surface area (Å²) in [6.45, 7) is 0.123. The summed E-state index contributed by atoms with van der Waals surface area (Å²) in [5.74, 6) is 1.47. The van der Waals surface area contributed by atoms with Gasteiger partial charge in [0.2, 0.25) is 0 Å². The van der Waals surface area contributed by atoms with Gasteiger partial charge in [-0.25, -0.2) is 0 Å². The smallest absolute Gasteiger partial charge is 0.497 e. The molecule has 0 aromatic heterocycles. The number of methoxy groups -OCH3 is 2. The molecule has 1 heterocycles. The topological polar surface area (TPSA) is 72.5 Å². The first kappa shape index (κ1) is 26.3. The molecule has 1 saturated heterocycles. The summed E-state index contributed by atoms with van der Waals surface area (Å²) in [5, 5.41) is 0. The van der Waals surface area contributed by atoms with Gasteiger partial charge in [-0.15, -0.1) is 9.05 Å². The molecule has 0 N–H and O–H groups in total. The molecule has 3 aromatic rings. The van der Waals surface area contributed by atoms with Crippen LogP contribution < -0.4 is 9.47 Å². The first-order valence-corrected chi connectivity index (χ1v) is 12.7. The molecule has 0 aliphatic carbocycles. The zero-order chi connectivity index (χ0) is 25.5. The van der Waals surface area contributed by atoms with Crippen molar-refractivity contribution in [3.8, 4) is 11.5 Å². The van der Waals surface area contributed by atoms with E-state index in [0.29, 0.717) is 6.42 Å². The summed E-state index contributed by atoms with van der Waals surface area (Å²) < 4.78 is 45.8. The molecular weight excluding hydrogens is 478 g/mol. The fraction of sp³-hybridized carbons (Fsp3) is 0.333. The maximum atomic E-state index is 11.9. The van der Waals surface area contributed by atoms with Gasteiger partial charge in [-0.05, 0) is 47.4 Å². The molecule has 36 heavy (non-hydrogen) atoms. The standard InChI is InChI=1S/C27H29BO7P/c1-30-22-13-9-20(10-14-22)27(19-7-5-4-6-8-19,21-11-15-23(31-2)16-12-21)33-18-25-24(17-26(28)34-25)35-36(29)32-3/h4-16,24-26H,17-18H2,1-3H3/q+1/t24-,25-,26-/m1/s1. The van der Waals surface area contributed by atoms with Crippen LogP contribution in [0.2, 0.25) is 0 Å². The maximum absolute atomic E-state index is 11.9. The Labute approximate surface area is 214 Å². The Morgan fingerprint density at radius 2 is 1.39 bits per heavy atom. The third-order valence-corrected chi connectivity index (χ3v) is 6.98. The van der Waals surface area contributed by atoms with Gasteiger partial charge in [-0.1, -0.05) is 54.6 Å². The van der Waals surface area contributed by atoms with E-state index in [0.717, 1.165) is 28.2 Å². The second-order valence-corrected chi connectivity index (χ2v) is 9.34. The molecular formula is C27H29BO7P+. The molecule has 3 aromatic carbocycles. The lowest BCUT2D eigenvalue weighted by molar-refractivity contribution is -0.0703. The van der Waals surface area contributed by atoms with E-state index in [2.05, 4.69) is 0 Å². The van der Waals surface area contributed by atoms with E-state index in [1.807, 2.05) is 78.9 Å². The van der Waals surface area contributed by atoms with Crippen LogP contribution in [0.4, 0.5) is 0 Å². The minimum Gasteiger partial charge on any atom is -0.497 e. The van der Waals surface area contributed by atoms with E-state index in [1.165, 1.54) is 7.11 Å². The molecule has 1 fully saturated rings. The third-order valence-electron chi connectivity index (χ3n) is 6.24. The third kappa shape index (κ3) is 5.64. The fourth-order valence-electron chi connectivity index (χ4n) is 4.44. The highest BCUT2D eigenvalue weighted by Crippen LogP contribution is 2.43. The Kier molecular flexibility index (Phi) is 8.78. The zero-order valence-corrected chi connectivity index (χ0v) is 21.4. The van der Waals surface area contributed by atoms with Crippen molar-refractivity contribution in [1.82, 2.24) is 0 Å². The van der Waals surface area contributed by atoms with Crippen molar-refractivity contribution in [2.45, 2.75) is 30.2 Å². The van der Waals surface area contributed by atoms with Crippen molar-refractivity contribution in [2.75, 3.05) is 27.9 Å². The number of hydrogen-bond acceptors (Lipinski definition) is 7. The van der Waals surface area contributed by atoms with Crippen LogP contribution in [0.25, 0.3) is 0 Å². The molecule has 1 aliphatic rings. The average Bonchev–Trinajstić information content (AvgIpc) is 3.28. The second kappa shape index (κ2) is 12.0. The number of benzene rings is 3. The molecule has 0 spiro atoms. The lowest BCUT2D eigenvalue weighted by Gasteiger charge is -2.37. The summed E-state index contributed by atoms with van der Waals surface area (Å²) in [4.78, 5) is 0. The molecule has 1 unspecified atom stereocenters. The monoisotopic (exact) mass is 507 g/mol. The largest absolute Gasteiger partial charge is 0.697 e. The van der Waals surface area contributed by atoms with Gasteiger partial charge >= 0.3 is 8.25 Å². The average molecular weight is 507 g/mol. The normalized spacial score (nSPS) is 20.2. The van der Waals surface area contributed by atoms with Gasteiger partial charge in [0.25, 0.3) is 0 Å². The van der Waals surface area contributed by atoms with Crippen molar-refractivity contribution < 1.29 is 32.6 Å². The molecule has 2 radical (unpaired) electrons. The second-order valence-electron chi connectivity index (χ2n) is 8.31. The molecule has 0 amide bonds. The first-order valence-electron chi connectivity index (χ1n) is 11.6. The summed E-state index contributed by atoms with van der Waals surface area (Å²) in [6, 6.07) is 24.9. The van der Waals surface area contributed by atoms with Gasteiger partial charge in [0.1, 0.15) is 37.2 Å². The van der Waals surface area contributed by atoms with E-state index in [-0.39, 0.29) is 6.61 Å². The van der Waals surface area contributed by atoms with E-state index in [9.17, 15) is 4.57 Å². The number of rotatable bonds is 11. The van der Waals surface area contributed by atoms with Crippen molar-refractivity contribution in [2.24, 2.45) is 0 Å². The van der Waals surface area contributed by atoms with Gasteiger partial charge in [0, 0.05) is 10.6 Å². The quantitative estimate of drug-likeness (QED) is 0.206. The predicted octanol–water partition coefficient (Wildman–Crippen LogP) is 4.98. The Bertz CT molecular complexity index is 1080. The van der Waals surface area contributed by atoms with Crippen LogP contribution in [-0.4, -0.2) is 54.0 Å². The Morgan fingerprint density at radius 3 is 1.89 bits per heavy atom. The Balaban J connectivity index is 1.79. The van der Waals surface area contributed by atoms with Crippen molar-refractivity contribution in [1.29, 1.82) is 0 Å². The highest BCUT2D eigenvalue weighted by atomic mass is 31.1. The summed E-state index contributed by atoms with van der Waals surface area (Å²) in [5.41, 5.74) is 1.69. The summed E-state index contributed by atoms with van der Waals surface area (Å²) in [6.07, 6.45) is -0.709. The van der Waals surface area contributed by atoms with Gasteiger partial charge in [0.05, 0.1) is 27.9 Å². The van der Waals surface area contributed by atoms with Crippen LogP contribution in [0.3, 0.4) is 0 Å². The number of hydrogen-bond donors (Lipinski definition) is 0. The minimum absolute atomic E-state index is 0.123. The maximum Gasteiger partial charge on any atom is 0.697 e. The van der Waals surface area contributed by atoms with Gasteiger partial charge in [-0.2, -0.15) is 0 Å². The lowest BCUT2D eigenvalue weighted by atomic mass is 9.80. The van der Waals surface area contributed by atoms with Gasteiger partial charge in [-0.3, -0.25) is 0 Å². The number of ether oxygens (including phenoxy) is 4. The minimum atomic E-state index is -2.29. The van der Waals surface area contributed by atoms with Crippen LogP contribution in [0.1, 0.15) is 23.1 Å². The van der Waals surface area contributed by atoms with Crippen LogP contribution in [0.15, 0.2) is 78.9 Å². The molecule has 4 atom stereocenters. The highest BCUT2D eigenvalue weighted by molar-refractivity contribution is 7.33. The van der Waals surface area contributed by atoms with Crippen molar-refractivity contribution in [3.05, 3.63) is 95.6 Å². The molecule has 7 nitrogen and oxygen atoms in total. The zero-order valence-electron chi connectivity index (χ0n) is 20.5. The molecule has 0 saturated carbocycles. The van der Waals surface area contributed by atoms with E-state index >= 15 is 0 Å². The summed E-state index contributed by atoms with van der Waals surface area (Å²) >= 11 is 0. The van der Waals surface area contributed by atoms with Crippen molar-refractivity contribution in [3.63, 3.8) is 0 Å². The van der Waals surface area contributed by atoms with Crippen LogP contribution in [0, 0.1) is 0 Å². The fourth-order valence-corrected chi connectivity index (χ4v) is 4.97. The Hall–Kier alpha value is -2.74. The molecule has 1 aliphatic heterocycles. The molecule has 0 bridgehead atoms. The molecule has 9 heteroatoms. The lowest BCUT2D eigenvalue weighted by Crippen LogP contribution is -2.38. The molecule has 186 valence electrons. The van der Waals surface area contributed by atoms with Gasteiger partial charge in [0.15, 0.2) is 0 Å². The van der Waals surface area contributed by atoms with Gasteiger partial charge < -0.3 is 18.9 Å². The molecule has 4 rings (SSSR count). The van der Waals surface area contributed by atoms with E-state index < -0.39 is 32.1 Å². The van der Waals surface area contributed by atoms with E-state index in [1.54, 1.807) is 14.2 Å². The first-order chi connectivity index (χ1) is 17.5. The Morgan fingerprint density at radius 1 is 0.861 bits per heavy atom. The van der Waals surface area contributed by atoms with Crippen LogP contribution >= 0.6 is 8.25 Å². The predicted molar refractivity (Wildman–Crippen MR) is 137 cm³/mol.